The molecule has 0 aromatic carbocycles. The number of hydrogen-bond donors (Lipinski definition) is 0. The molecule has 0 aliphatic carbocycles. The van der Waals surface area contributed by atoms with Crippen molar-refractivity contribution in [2.75, 3.05) is 17.2 Å². The summed E-state index contributed by atoms with van der Waals surface area (Å²) >= 11 is 2.02. The highest BCUT2D eigenvalue weighted by Gasteiger charge is 2.25. The number of aromatic nitrogens is 1. The fourth-order valence-corrected chi connectivity index (χ4v) is 3.02. The van der Waals surface area contributed by atoms with Crippen LogP contribution in [-0.2, 0) is 0 Å². The van der Waals surface area contributed by atoms with Crippen LogP contribution >= 0.6 is 11.8 Å². The SMILES string of the molecule is CC1SCCN(c2ccc(C#N)nc2)C1C. The first-order valence-electron chi connectivity index (χ1n) is 5.47. The first-order valence-corrected chi connectivity index (χ1v) is 6.51. The second-order valence-electron chi connectivity index (χ2n) is 4.02. The lowest BCUT2D eigenvalue weighted by Crippen LogP contribution is -2.44. The Labute approximate surface area is 100 Å². The number of pyridine rings is 1. The van der Waals surface area contributed by atoms with Crippen molar-refractivity contribution < 1.29 is 0 Å². The average molecular weight is 233 g/mol. The lowest BCUT2D eigenvalue weighted by atomic mass is 10.2. The van der Waals surface area contributed by atoms with Crippen LogP contribution in [0.1, 0.15) is 19.5 Å². The Morgan fingerprint density at radius 3 is 2.94 bits per heavy atom. The van der Waals surface area contributed by atoms with Gasteiger partial charge in [-0.1, -0.05) is 6.92 Å². The minimum atomic E-state index is 0.482. The Kier molecular flexibility index (Phi) is 3.35. The molecule has 1 saturated heterocycles. The van der Waals surface area contributed by atoms with E-state index in [4.69, 9.17) is 5.26 Å². The Balaban J connectivity index is 2.19. The van der Waals surface area contributed by atoms with E-state index in [2.05, 4.69) is 23.7 Å². The molecule has 84 valence electrons. The third-order valence-electron chi connectivity index (χ3n) is 3.08. The molecule has 0 bridgehead atoms. The summed E-state index contributed by atoms with van der Waals surface area (Å²) in [5.41, 5.74) is 1.61. The quantitative estimate of drug-likeness (QED) is 0.746. The van der Waals surface area contributed by atoms with Crippen molar-refractivity contribution in [3.63, 3.8) is 0 Å². The van der Waals surface area contributed by atoms with Crippen LogP contribution in [0.4, 0.5) is 5.69 Å². The zero-order valence-corrected chi connectivity index (χ0v) is 10.4. The zero-order valence-electron chi connectivity index (χ0n) is 9.55. The van der Waals surface area contributed by atoms with Gasteiger partial charge < -0.3 is 4.90 Å². The molecule has 2 heterocycles. The first kappa shape index (κ1) is 11.3. The molecule has 0 saturated carbocycles. The molecule has 1 aromatic heterocycles. The normalized spacial score (nSPS) is 25.2. The molecule has 0 amide bonds. The van der Waals surface area contributed by atoms with Crippen LogP contribution < -0.4 is 4.90 Å². The van der Waals surface area contributed by atoms with Gasteiger partial charge in [-0.05, 0) is 19.1 Å². The molecule has 2 atom stereocenters. The summed E-state index contributed by atoms with van der Waals surface area (Å²) in [7, 11) is 0. The largest absolute Gasteiger partial charge is 0.366 e. The van der Waals surface area contributed by atoms with Crippen molar-refractivity contribution in [2.45, 2.75) is 25.1 Å². The van der Waals surface area contributed by atoms with Crippen LogP contribution in [-0.4, -0.2) is 28.6 Å². The molecule has 1 aliphatic heterocycles. The van der Waals surface area contributed by atoms with E-state index >= 15 is 0 Å². The van der Waals surface area contributed by atoms with Gasteiger partial charge in [0.15, 0.2) is 0 Å². The van der Waals surface area contributed by atoms with E-state index in [9.17, 15) is 0 Å². The molecule has 0 N–H and O–H groups in total. The van der Waals surface area contributed by atoms with E-state index in [0.717, 1.165) is 18.0 Å². The van der Waals surface area contributed by atoms with E-state index in [1.807, 2.05) is 23.9 Å². The van der Waals surface area contributed by atoms with Crippen molar-refractivity contribution in [1.82, 2.24) is 4.98 Å². The van der Waals surface area contributed by atoms with Crippen molar-refractivity contribution in [1.29, 1.82) is 5.26 Å². The maximum absolute atomic E-state index is 8.70. The van der Waals surface area contributed by atoms with E-state index in [1.165, 1.54) is 0 Å². The molecule has 0 spiro atoms. The predicted octanol–water partition coefficient (Wildman–Crippen LogP) is 2.28. The summed E-state index contributed by atoms with van der Waals surface area (Å²) in [6, 6.07) is 6.34. The van der Waals surface area contributed by atoms with E-state index in [0.29, 0.717) is 17.0 Å². The minimum Gasteiger partial charge on any atom is -0.366 e. The molecule has 3 nitrogen and oxygen atoms in total. The van der Waals surface area contributed by atoms with Crippen molar-refractivity contribution >= 4 is 17.4 Å². The predicted molar refractivity (Wildman–Crippen MR) is 67.7 cm³/mol. The molecule has 2 rings (SSSR count). The fraction of sp³-hybridized carbons (Fsp3) is 0.500. The summed E-state index contributed by atoms with van der Waals surface area (Å²) < 4.78 is 0. The van der Waals surface area contributed by atoms with Gasteiger partial charge in [-0.2, -0.15) is 17.0 Å². The standard InChI is InChI=1S/C12H15N3S/c1-9-10(2)16-6-5-15(9)12-4-3-11(7-13)14-8-12/h3-4,8-10H,5-6H2,1-2H3. The van der Waals surface area contributed by atoms with Gasteiger partial charge >= 0.3 is 0 Å². The van der Waals surface area contributed by atoms with Gasteiger partial charge in [-0.3, -0.25) is 0 Å². The van der Waals surface area contributed by atoms with Gasteiger partial charge in [0.25, 0.3) is 0 Å². The molecule has 1 fully saturated rings. The monoisotopic (exact) mass is 233 g/mol. The average Bonchev–Trinajstić information content (AvgIpc) is 2.33. The van der Waals surface area contributed by atoms with Crippen LogP contribution in [0.15, 0.2) is 18.3 Å². The van der Waals surface area contributed by atoms with Gasteiger partial charge in [-0.15, -0.1) is 0 Å². The Hall–Kier alpha value is -1.21. The number of thioether (sulfide) groups is 1. The smallest absolute Gasteiger partial charge is 0.140 e. The summed E-state index contributed by atoms with van der Waals surface area (Å²) in [5, 5.41) is 9.35. The number of anilines is 1. The van der Waals surface area contributed by atoms with Gasteiger partial charge in [0.1, 0.15) is 11.8 Å². The molecule has 2 unspecified atom stereocenters. The van der Waals surface area contributed by atoms with Crippen molar-refractivity contribution in [3.8, 4) is 6.07 Å². The van der Waals surface area contributed by atoms with E-state index < -0.39 is 0 Å². The summed E-state index contributed by atoms with van der Waals surface area (Å²) in [5.74, 6) is 1.16. The van der Waals surface area contributed by atoms with Crippen molar-refractivity contribution in [3.05, 3.63) is 24.0 Å². The molecule has 4 heteroatoms. The lowest BCUT2D eigenvalue weighted by molar-refractivity contribution is 0.626. The summed E-state index contributed by atoms with van der Waals surface area (Å²) in [6.45, 7) is 5.57. The van der Waals surface area contributed by atoms with Gasteiger partial charge in [0.2, 0.25) is 0 Å². The highest BCUT2D eigenvalue weighted by Crippen LogP contribution is 2.28. The second kappa shape index (κ2) is 4.75. The molecule has 1 aliphatic rings. The Bertz CT molecular complexity index is 396. The zero-order chi connectivity index (χ0) is 11.5. The second-order valence-corrected chi connectivity index (χ2v) is 5.51. The highest BCUT2D eigenvalue weighted by molar-refractivity contribution is 8.00. The van der Waals surface area contributed by atoms with Crippen LogP contribution in [0.25, 0.3) is 0 Å². The number of nitriles is 1. The fourth-order valence-electron chi connectivity index (χ4n) is 1.92. The topological polar surface area (TPSA) is 39.9 Å². The maximum atomic E-state index is 8.70. The van der Waals surface area contributed by atoms with E-state index in [-0.39, 0.29) is 0 Å². The summed E-state index contributed by atoms with van der Waals surface area (Å²) in [6.07, 6.45) is 1.80. The lowest BCUT2D eigenvalue weighted by Gasteiger charge is -2.39. The number of rotatable bonds is 1. The molecule has 1 aromatic rings. The molecule has 16 heavy (non-hydrogen) atoms. The number of nitrogens with zero attached hydrogens (tertiary/aromatic N) is 3. The van der Waals surface area contributed by atoms with Crippen molar-refractivity contribution in [2.24, 2.45) is 0 Å². The first-order chi connectivity index (χ1) is 7.72. The van der Waals surface area contributed by atoms with E-state index in [1.54, 1.807) is 12.3 Å². The van der Waals surface area contributed by atoms with Gasteiger partial charge in [0.05, 0.1) is 11.9 Å². The molecular weight excluding hydrogens is 218 g/mol. The van der Waals surface area contributed by atoms with Crippen LogP contribution in [0.3, 0.4) is 0 Å². The Morgan fingerprint density at radius 1 is 1.50 bits per heavy atom. The van der Waals surface area contributed by atoms with Crippen LogP contribution in [0, 0.1) is 11.3 Å². The molecule has 0 radical (unpaired) electrons. The maximum Gasteiger partial charge on any atom is 0.140 e. The highest BCUT2D eigenvalue weighted by atomic mass is 32.2. The minimum absolute atomic E-state index is 0.482. The van der Waals surface area contributed by atoms with Gasteiger partial charge in [0, 0.05) is 23.6 Å². The van der Waals surface area contributed by atoms with Gasteiger partial charge in [-0.25, -0.2) is 4.98 Å². The van der Waals surface area contributed by atoms with Crippen LogP contribution in [0.2, 0.25) is 0 Å². The third kappa shape index (κ3) is 2.14. The third-order valence-corrected chi connectivity index (χ3v) is 4.42. The summed E-state index contributed by atoms with van der Waals surface area (Å²) in [4.78, 5) is 6.49. The Morgan fingerprint density at radius 2 is 2.31 bits per heavy atom. The molecular formula is C12H15N3S. The number of hydrogen-bond acceptors (Lipinski definition) is 4. The van der Waals surface area contributed by atoms with Crippen LogP contribution in [0.5, 0.6) is 0 Å².